The Morgan fingerprint density at radius 2 is 1.50 bits per heavy atom. The highest BCUT2D eigenvalue weighted by Crippen LogP contribution is 2.35. The zero-order valence-corrected chi connectivity index (χ0v) is 21.2. The molecule has 0 aliphatic carbocycles. The molecule has 36 heavy (non-hydrogen) atoms. The molecule has 0 saturated heterocycles. The topological polar surface area (TPSA) is 38.9 Å². The van der Waals surface area contributed by atoms with Crippen LogP contribution < -0.4 is 9.54 Å². The van der Waals surface area contributed by atoms with Crippen LogP contribution in [0.4, 0.5) is 24.5 Å². The number of thiol groups is 1. The van der Waals surface area contributed by atoms with Crippen LogP contribution in [0.2, 0.25) is 0 Å². The molecule has 1 aromatic heterocycles. The van der Waals surface area contributed by atoms with Crippen LogP contribution in [0.25, 0.3) is 5.69 Å². The second kappa shape index (κ2) is 11.6. The van der Waals surface area contributed by atoms with Gasteiger partial charge in [-0.2, -0.15) is 0 Å². The van der Waals surface area contributed by atoms with Crippen molar-refractivity contribution in [3.63, 3.8) is 0 Å². The van der Waals surface area contributed by atoms with Gasteiger partial charge in [0.05, 0.1) is 39.5 Å². The van der Waals surface area contributed by atoms with Crippen molar-refractivity contribution in [3.05, 3.63) is 94.6 Å². The van der Waals surface area contributed by atoms with E-state index in [9.17, 15) is 13.2 Å². The Labute approximate surface area is 216 Å². The molecule has 186 valence electrons. The van der Waals surface area contributed by atoms with Gasteiger partial charge in [-0.3, -0.25) is 9.56 Å². The Bertz CT molecular complexity index is 1390. The molecule has 0 radical (unpaired) electrons. The van der Waals surface area contributed by atoms with Gasteiger partial charge in [-0.1, -0.05) is 53.8 Å². The minimum Gasteiger partial charge on any atom is -0.497 e. The van der Waals surface area contributed by atoms with Gasteiger partial charge in [0.1, 0.15) is 25.8 Å². The highest BCUT2D eigenvalue weighted by molar-refractivity contribution is 7.80. The first-order valence-corrected chi connectivity index (χ1v) is 12.3. The number of halogens is 3. The van der Waals surface area contributed by atoms with E-state index in [-0.39, 0.29) is 5.71 Å². The van der Waals surface area contributed by atoms with E-state index < -0.39 is 25.4 Å². The van der Waals surface area contributed by atoms with E-state index in [0.29, 0.717) is 31.8 Å². The van der Waals surface area contributed by atoms with Crippen molar-refractivity contribution in [1.82, 2.24) is 4.57 Å². The summed E-state index contributed by atoms with van der Waals surface area (Å²) in [7, 11) is 1.50. The van der Waals surface area contributed by atoms with Crippen LogP contribution in [0.15, 0.2) is 99.9 Å². The van der Waals surface area contributed by atoms with Crippen LogP contribution >= 0.6 is 24.0 Å². The third kappa shape index (κ3) is 5.27. The monoisotopic (exact) mass is 527 g/mol. The third-order valence-electron chi connectivity index (χ3n) is 5.57. The molecule has 4 rings (SSSR count). The maximum absolute atomic E-state index is 14.4. The van der Waals surface area contributed by atoms with Crippen LogP contribution in [0.3, 0.4) is 0 Å². The number of ether oxygens (including phenoxy) is 1. The Hall–Kier alpha value is -3.30. The van der Waals surface area contributed by atoms with Crippen molar-refractivity contribution in [2.75, 3.05) is 27.1 Å². The van der Waals surface area contributed by atoms with Crippen molar-refractivity contribution < 1.29 is 17.9 Å². The standard InChI is InChI=1S/C27H24F3N3OS2/c1-34-22-14-8-11-20(15-22)31-24(27(16-28,17-29)18-30)23-25(35)33(21-12-6-3-7-13-21)26(36-23)32-19-9-4-2-5-10-19/h2-15,35H,16-18H2,1H3. The summed E-state index contributed by atoms with van der Waals surface area (Å²) in [5, 5.41) is 0.349. The van der Waals surface area contributed by atoms with Crippen LogP contribution in [0, 0.1) is 5.41 Å². The largest absolute Gasteiger partial charge is 0.497 e. The average molecular weight is 528 g/mol. The highest BCUT2D eigenvalue weighted by atomic mass is 32.1. The first-order valence-electron chi connectivity index (χ1n) is 11.1. The molecule has 0 saturated carbocycles. The Kier molecular flexibility index (Phi) is 8.32. The van der Waals surface area contributed by atoms with Crippen LogP contribution in [-0.4, -0.2) is 37.4 Å². The molecule has 0 spiro atoms. The number of aliphatic imine (C=N–C) groups is 1. The molecule has 3 aromatic carbocycles. The van der Waals surface area contributed by atoms with Crippen molar-refractivity contribution in [3.8, 4) is 11.4 Å². The first kappa shape index (κ1) is 25.8. The van der Waals surface area contributed by atoms with Crippen LogP contribution in [0.1, 0.15) is 4.88 Å². The zero-order chi connectivity index (χ0) is 25.5. The Morgan fingerprint density at radius 1 is 0.889 bits per heavy atom. The predicted molar refractivity (Wildman–Crippen MR) is 142 cm³/mol. The average Bonchev–Trinajstić information content (AvgIpc) is 3.25. The summed E-state index contributed by atoms with van der Waals surface area (Å²) in [5.74, 6) is 0.512. The van der Waals surface area contributed by atoms with Gasteiger partial charge in [-0.15, -0.1) is 12.6 Å². The molecule has 9 heteroatoms. The third-order valence-corrected chi connectivity index (χ3v) is 7.20. The number of rotatable bonds is 9. The van der Waals surface area contributed by atoms with Gasteiger partial charge in [0.15, 0.2) is 4.80 Å². The maximum Gasteiger partial charge on any atom is 0.196 e. The van der Waals surface area contributed by atoms with Gasteiger partial charge in [0.2, 0.25) is 0 Å². The molecule has 0 amide bonds. The van der Waals surface area contributed by atoms with E-state index >= 15 is 0 Å². The molecule has 0 aliphatic heterocycles. The van der Waals surface area contributed by atoms with Gasteiger partial charge in [-0.05, 0) is 36.4 Å². The fraction of sp³-hybridized carbons (Fsp3) is 0.185. The molecular weight excluding hydrogens is 503 g/mol. The molecule has 1 heterocycles. The second-order valence-corrected chi connectivity index (χ2v) is 9.40. The van der Waals surface area contributed by atoms with E-state index in [4.69, 9.17) is 22.4 Å². The number of benzene rings is 3. The van der Waals surface area contributed by atoms with E-state index in [1.807, 2.05) is 60.7 Å². The van der Waals surface area contributed by atoms with Crippen LogP contribution in [0.5, 0.6) is 5.75 Å². The quantitative estimate of drug-likeness (QED) is 0.183. The molecule has 0 bridgehead atoms. The highest BCUT2D eigenvalue weighted by Gasteiger charge is 2.40. The van der Waals surface area contributed by atoms with E-state index in [1.54, 1.807) is 28.8 Å². The number of hydrogen-bond acceptors (Lipinski definition) is 5. The fourth-order valence-electron chi connectivity index (χ4n) is 3.54. The molecule has 4 aromatic rings. The summed E-state index contributed by atoms with van der Waals surface area (Å²) in [5.41, 5.74) is -0.367. The van der Waals surface area contributed by atoms with Gasteiger partial charge in [0.25, 0.3) is 0 Å². The lowest BCUT2D eigenvalue weighted by molar-refractivity contribution is 0.184. The Morgan fingerprint density at radius 3 is 2.11 bits per heavy atom. The lowest BCUT2D eigenvalue weighted by Crippen LogP contribution is -2.38. The van der Waals surface area contributed by atoms with Crippen LogP contribution in [-0.2, 0) is 0 Å². The summed E-state index contributed by atoms with van der Waals surface area (Å²) in [6.45, 7) is -3.82. The lowest BCUT2D eigenvalue weighted by Gasteiger charge is -2.26. The summed E-state index contributed by atoms with van der Waals surface area (Å²) >= 11 is 5.89. The molecule has 4 nitrogen and oxygen atoms in total. The number of thiazole rings is 1. The minimum absolute atomic E-state index is 0.0718. The summed E-state index contributed by atoms with van der Waals surface area (Å²) in [6, 6.07) is 25.3. The summed E-state index contributed by atoms with van der Waals surface area (Å²) in [4.78, 5) is 10.1. The summed E-state index contributed by atoms with van der Waals surface area (Å²) in [6.07, 6.45) is 0. The fourth-order valence-corrected chi connectivity index (χ4v) is 5.22. The zero-order valence-electron chi connectivity index (χ0n) is 19.4. The van der Waals surface area contributed by atoms with Gasteiger partial charge >= 0.3 is 0 Å². The number of aromatic nitrogens is 1. The summed E-state index contributed by atoms with van der Waals surface area (Å²) < 4.78 is 50.1. The molecule has 0 unspecified atom stereocenters. The van der Waals surface area contributed by atoms with Crippen molar-refractivity contribution >= 4 is 41.1 Å². The minimum atomic E-state index is -2.09. The number of hydrogen-bond donors (Lipinski definition) is 1. The smallest absolute Gasteiger partial charge is 0.196 e. The van der Waals surface area contributed by atoms with E-state index in [1.165, 1.54) is 7.11 Å². The normalized spacial score (nSPS) is 12.7. The SMILES string of the molecule is COc1cccc(N=C(c2sc(=Nc3ccccc3)n(-c3ccccc3)c2S)C(CF)(CF)CF)c1. The van der Waals surface area contributed by atoms with Gasteiger partial charge in [-0.25, -0.2) is 18.2 Å². The van der Waals surface area contributed by atoms with Crippen molar-refractivity contribution in [2.45, 2.75) is 5.03 Å². The first-order chi connectivity index (χ1) is 17.5. The molecular formula is C27H24F3N3OS2. The Balaban J connectivity index is 2.03. The van der Waals surface area contributed by atoms with Gasteiger partial charge in [0, 0.05) is 11.8 Å². The molecule has 0 aliphatic rings. The number of para-hydroxylation sites is 2. The second-order valence-electron chi connectivity index (χ2n) is 8.00. The number of alkyl halides is 3. The van der Waals surface area contributed by atoms with Gasteiger partial charge < -0.3 is 4.74 Å². The van der Waals surface area contributed by atoms with Crippen molar-refractivity contribution in [2.24, 2.45) is 15.4 Å². The predicted octanol–water partition coefficient (Wildman–Crippen LogP) is 7.08. The number of methoxy groups -OCH3 is 1. The van der Waals surface area contributed by atoms with Crippen molar-refractivity contribution in [1.29, 1.82) is 0 Å². The lowest BCUT2D eigenvalue weighted by atomic mass is 9.86. The maximum atomic E-state index is 14.4. The van der Waals surface area contributed by atoms with E-state index in [2.05, 4.69) is 4.99 Å². The number of nitrogens with zero attached hydrogens (tertiary/aromatic N) is 3. The molecule has 0 fully saturated rings. The molecule has 0 atom stereocenters. The van der Waals surface area contributed by atoms with E-state index in [0.717, 1.165) is 17.0 Å². The molecule has 0 N–H and O–H groups in total.